The van der Waals surface area contributed by atoms with E-state index in [1.807, 2.05) is 6.07 Å². The molecule has 0 saturated heterocycles. The monoisotopic (exact) mass is 408 g/mol. The number of methoxy groups -OCH3 is 1. The highest BCUT2D eigenvalue weighted by atomic mass is 19.1. The summed E-state index contributed by atoms with van der Waals surface area (Å²) in [6.45, 7) is 0.150. The summed E-state index contributed by atoms with van der Waals surface area (Å²) in [5, 5.41) is 5.48. The Morgan fingerprint density at radius 1 is 0.933 bits per heavy atom. The minimum absolute atomic E-state index is 0.123. The van der Waals surface area contributed by atoms with Crippen LogP contribution >= 0.6 is 0 Å². The smallest absolute Gasteiger partial charge is 0.258 e. The fourth-order valence-corrected chi connectivity index (χ4v) is 2.66. The number of nitrogens with one attached hydrogen (secondary N) is 2. The molecule has 154 valence electrons. The van der Waals surface area contributed by atoms with Crippen LogP contribution in [0.15, 0.2) is 72.8 Å². The van der Waals surface area contributed by atoms with Gasteiger partial charge in [0.1, 0.15) is 17.3 Å². The third kappa shape index (κ3) is 6.07. The van der Waals surface area contributed by atoms with E-state index in [0.717, 1.165) is 5.56 Å². The van der Waals surface area contributed by atoms with E-state index < -0.39 is 11.7 Å². The molecule has 0 unspecified atom stereocenters. The average molecular weight is 408 g/mol. The van der Waals surface area contributed by atoms with Crippen molar-refractivity contribution in [1.82, 2.24) is 5.32 Å². The van der Waals surface area contributed by atoms with E-state index in [4.69, 9.17) is 9.47 Å². The molecule has 0 fully saturated rings. The van der Waals surface area contributed by atoms with Crippen molar-refractivity contribution in [2.24, 2.45) is 0 Å². The Morgan fingerprint density at radius 3 is 2.40 bits per heavy atom. The molecule has 0 bridgehead atoms. The minimum atomic E-state index is -0.476. The fourth-order valence-electron chi connectivity index (χ4n) is 2.66. The quantitative estimate of drug-likeness (QED) is 0.595. The molecule has 3 rings (SSSR count). The van der Waals surface area contributed by atoms with Gasteiger partial charge in [0.15, 0.2) is 6.61 Å². The summed E-state index contributed by atoms with van der Waals surface area (Å²) < 4.78 is 23.8. The molecule has 0 aliphatic rings. The van der Waals surface area contributed by atoms with E-state index in [-0.39, 0.29) is 24.6 Å². The topological polar surface area (TPSA) is 76.7 Å². The molecular formula is C23H21FN2O4. The van der Waals surface area contributed by atoms with Crippen LogP contribution in [-0.4, -0.2) is 25.5 Å². The van der Waals surface area contributed by atoms with Crippen molar-refractivity contribution < 1.29 is 23.5 Å². The molecule has 3 aromatic carbocycles. The van der Waals surface area contributed by atoms with Gasteiger partial charge in [-0.2, -0.15) is 0 Å². The first-order chi connectivity index (χ1) is 14.5. The molecule has 0 heterocycles. The van der Waals surface area contributed by atoms with Gasteiger partial charge in [0.2, 0.25) is 0 Å². The van der Waals surface area contributed by atoms with Crippen molar-refractivity contribution in [3.63, 3.8) is 0 Å². The molecule has 30 heavy (non-hydrogen) atoms. The first-order valence-corrected chi connectivity index (χ1v) is 9.23. The van der Waals surface area contributed by atoms with Crippen LogP contribution in [0.4, 0.5) is 10.1 Å². The number of hydrogen-bond acceptors (Lipinski definition) is 4. The van der Waals surface area contributed by atoms with Crippen LogP contribution in [0.3, 0.4) is 0 Å². The lowest BCUT2D eigenvalue weighted by molar-refractivity contribution is -0.123. The van der Waals surface area contributed by atoms with Crippen LogP contribution < -0.4 is 20.1 Å². The first-order valence-electron chi connectivity index (χ1n) is 9.23. The van der Waals surface area contributed by atoms with Gasteiger partial charge in [0.25, 0.3) is 11.8 Å². The highest BCUT2D eigenvalue weighted by Crippen LogP contribution is 2.17. The number of amides is 2. The number of carbonyl (C=O) groups excluding carboxylic acids is 2. The number of hydrogen-bond donors (Lipinski definition) is 2. The maximum absolute atomic E-state index is 13.3. The second-order valence-corrected chi connectivity index (χ2v) is 6.41. The van der Waals surface area contributed by atoms with Gasteiger partial charge in [-0.3, -0.25) is 9.59 Å². The van der Waals surface area contributed by atoms with Crippen molar-refractivity contribution in [2.45, 2.75) is 6.54 Å². The summed E-state index contributed by atoms with van der Waals surface area (Å²) in [7, 11) is 1.57. The van der Waals surface area contributed by atoms with Gasteiger partial charge in [-0.25, -0.2) is 4.39 Å². The zero-order chi connectivity index (χ0) is 21.3. The van der Waals surface area contributed by atoms with E-state index in [1.54, 1.807) is 49.6 Å². The van der Waals surface area contributed by atoms with Crippen LogP contribution in [0.25, 0.3) is 0 Å². The van der Waals surface area contributed by atoms with Crippen LogP contribution in [0.2, 0.25) is 0 Å². The third-order valence-electron chi connectivity index (χ3n) is 4.19. The minimum Gasteiger partial charge on any atom is -0.497 e. The lowest BCUT2D eigenvalue weighted by Crippen LogP contribution is -2.28. The van der Waals surface area contributed by atoms with Crippen molar-refractivity contribution in [2.75, 3.05) is 19.0 Å². The Bertz CT molecular complexity index is 1020. The summed E-state index contributed by atoms with van der Waals surface area (Å²) >= 11 is 0. The van der Waals surface area contributed by atoms with E-state index in [9.17, 15) is 14.0 Å². The maximum Gasteiger partial charge on any atom is 0.258 e. The molecule has 0 aromatic heterocycles. The molecule has 0 atom stereocenters. The van der Waals surface area contributed by atoms with Gasteiger partial charge in [0, 0.05) is 17.8 Å². The zero-order valence-electron chi connectivity index (χ0n) is 16.4. The van der Waals surface area contributed by atoms with E-state index in [1.165, 1.54) is 24.3 Å². The number of halogens is 1. The molecule has 3 aromatic rings. The summed E-state index contributed by atoms with van der Waals surface area (Å²) in [5.74, 6) is 0.101. The van der Waals surface area contributed by atoms with Crippen LogP contribution in [0.1, 0.15) is 15.9 Å². The van der Waals surface area contributed by atoms with Crippen molar-refractivity contribution in [3.05, 3.63) is 89.7 Å². The standard InChI is InChI=1S/C23H21FN2O4/c1-29-20-8-10-21(11-9-20)30-15-22(27)25-14-16-4-2-7-19(12-16)26-23(28)17-5-3-6-18(24)13-17/h2-13H,14-15H2,1H3,(H,25,27)(H,26,28). The summed E-state index contributed by atoms with van der Waals surface area (Å²) in [6.07, 6.45) is 0. The predicted molar refractivity (Wildman–Crippen MR) is 111 cm³/mol. The molecule has 0 aliphatic carbocycles. The first kappa shape index (κ1) is 20.9. The Balaban J connectivity index is 1.49. The Morgan fingerprint density at radius 2 is 1.67 bits per heavy atom. The lowest BCUT2D eigenvalue weighted by atomic mass is 10.1. The molecule has 0 aliphatic heterocycles. The van der Waals surface area contributed by atoms with Crippen molar-refractivity contribution in [3.8, 4) is 11.5 Å². The SMILES string of the molecule is COc1ccc(OCC(=O)NCc2cccc(NC(=O)c3cccc(F)c3)c2)cc1. The predicted octanol–water partition coefficient (Wildman–Crippen LogP) is 3.78. The van der Waals surface area contributed by atoms with E-state index in [0.29, 0.717) is 17.2 Å². The maximum atomic E-state index is 13.3. The van der Waals surface area contributed by atoms with E-state index >= 15 is 0 Å². The van der Waals surface area contributed by atoms with Gasteiger partial charge in [-0.05, 0) is 60.2 Å². The molecular weight excluding hydrogens is 387 g/mol. The molecule has 2 N–H and O–H groups in total. The van der Waals surface area contributed by atoms with Crippen LogP contribution in [-0.2, 0) is 11.3 Å². The molecule has 0 saturated carbocycles. The van der Waals surface area contributed by atoms with Gasteiger partial charge in [0.05, 0.1) is 7.11 Å². The highest BCUT2D eigenvalue weighted by molar-refractivity contribution is 6.04. The highest BCUT2D eigenvalue weighted by Gasteiger charge is 2.08. The number of carbonyl (C=O) groups is 2. The second kappa shape index (κ2) is 10.1. The molecule has 6 nitrogen and oxygen atoms in total. The van der Waals surface area contributed by atoms with Crippen molar-refractivity contribution in [1.29, 1.82) is 0 Å². The Hall–Kier alpha value is -3.87. The van der Waals surface area contributed by atoms with Gasteiger partial charge in [-0.1, -0.05) is 18.2 Å². The molecule has 7 heteroatoms. The lowest BCUT2D eigenvalue weighted by Gasteiger charge is -2.10. The Labute approximate surface area is 173 Å². The largest absolute Gasteiger partial charge is 0.497 e. The van der Waals surface area contributed by atoms with Gasteiger partial charge < -0.3 is 20.1 Å². The van der Waals surface area contributed by atoms with Crippen LogP contribution in [0.5, 0.6) is 11.5 Å². The number of rotatable bonds is 8. The number of ether oxygens (including phenoxy) is 2. The van der Waals surface area contributed by atoms with Gasteiger partial charge >= 0.3 is 0 Å². The van der Waals surface area contributed by atoms with Gasteiger partial charge in [-0.15, -0.1) is 0 Å². The fraction of sp³-hybridized carbons (Fsp3) is 0.130. The summed E-state index contributed by atoms with van der Waals surface area (Å²) in [5.41, 5.74) is 1.57. The summed E-state index contributed by atoms with van der Waals surface area (Å²) in [4.78, 5) is 24.3. The van der Waals surface area contributed by atoms with E-state index in [2.05, 4.69) is 10.6 Å². The molecule has 0 radical (unpaired) electrons. The number of anilines is 1. The average Bonchev–Trinajstić information content (AvgIpc) is 2.77. The summed E-state index contributed by atoms with van der Waals surface area (Å²) in [6, 6.07) is 19.4. The molecule has 0 spiro atoms. The zero-order valence-corrected chi connectivity index (χ0v) is 16.4. The van der Waals surface area contributed by atoms with Crippen LogP contribution in [0, 0.1) is 5.82 Å². The normalized spacial score (nSPS) is 10.2. The van der Waals surface area contributed by atoms with Crippen molar-refractivity contribution >= 4 is 17.5 Å². The second-order valence-electron chi connectivity index (χ2n) is 6.41. The third-order valence-corrected chi connectivity index (χ3v) is 4.19. The number of benzene rings is 3. The molecule has 2 amide bonds. The Kier molecular flexibility index (Phi) is 7.00.